The molecule has 2 unspecified atom stereocenters. The van der Waals surface area contributed by atoms with Gasteiger partial charge in [0.2, 0.25) is 0 Å². The molecule has 0 saturated heterocycles. The van der Waals surface area contributed by atoms with E-state index in [-0.39, 0.29) is 32.3 Å². The van der Waals surface area contributed by atoms with Gasteiger partial charge in [0.25, 0.3) is 0 Å². The summed E-state index contributed by atoms with van der Waals surface area (Å²) in [5, 5.41) is 20.1. The molecule has 0 aliphatic heterocycles. The fraction of sp³-hybridized carbons (Fsp3) is 0.300. The van der Waals surface area contributed by atoms with E-state index < -0.39 is 35.2 Å². The van der Waals surface area contributed by atoms with E-state index in [1.165, 1.54) is 0 Å². The maximum atomic E-state index is 13.4. The van der Waals surface area contributed by atoms with Gasteiger partial charge in [0, 0.05) is 12.3 Å². The van der Waals surface area contributed by atoms with E-state index in [4.69, 9.17) is 9.84 Å². The molecule has 0 aliphatic rings. The van der Waals surface area contributed by atoms with Crippen LogP contribution >= 0.6 is 0 Å². The first-order valence-electron chi connectivity index (χ1n) is 12.2. The van der Waals surface area contributed by atoms with Gasteiger partial charge >= 0.3 is 17.9 Å². The summed E-state index contributed by atoms with van der Waals surface area (Å²) < 4.78 is 5.35. The minimum Gasteiger partial charge on any atom is -0.481 e. The van der Waals surface area contributed by atoms with Crippen molar-refractivity contribution in [3.05, 3.63) is 108 Å². The molecule has 2 N–H and O–H groups in total. The van der Waals surface area contributed by atoms with Crippen LogP contribution in [-0.2, 0) is 24.5 Å². The monoisotopic (exact) mass is 488 g/mol. The lowest BCUT2D eigenvalue weighted by atomic mass is 9.61. The lowest BCUT2D eigenvalue weighted by Gasteiger charge is -2.40. The van der Waals surface area contributed by atoms with Crippen LogP contribution in [0.1, 0.15) is 55.2 Å². The molecule has 188 valence electrons. The van der Waals surface area contributed by atoms with Gasteiger partial charge in [-0.15, -0.1) is 0 Å². The molecule has 6 heteroatoms. The highest BCUT2D eigenvalue weighted by Crippen LogP contribution is 2.48. The summed E-state index contributed by atoms with van der Waals surface area (Å²) in [6.07, 6.45) is 0.677. The Kier molecular flexibility index (Phi) is 9.39. The van der Waals surface area contributed by atoms with E-state index in [2.05, 4.69) is 0 Å². The van der Waals surface area contributed by atoms with E-state index in [1.54, 1.807) is 31.2 Å². The van der Waals surface area contributed by atoms with E-state index in [0.29, 0.717) is 11.1 Å². The first kappa shape index (κ1) is 26.7. The van der Waals surface area contributed by atoms with Crippen LogP contribution in [0.3, 0.4) is 0 Å². The minimum atomic E-state index is -1.50. The Morgan fingerprint density at radius 3 is 1.75 bits per heavy atom. The van der Waals surface area contributed by atoms with Gasteiger partial charge in [0.1, 0.15) is 5.41 Å². The highest BCUT2D eigenvalue weighted by Gasteiger charge is 2.50. The van der Waals surface area contributed by atoms with Crippen LogP contribution in [-0.4, -0.2) is 34.7 Å². The first-order chi connectivity index (χ1) is 17.4. The van der Waals surface area contributed by atoms with Crippen molar-refractivity contribution < 1.29 is 29.3 Å². The molecule has 36 heavy (non-hydrogen) atoms. The van der Waals surface area contributed by atoms with Gasteiger partial charge in [-0.1, -0.05) is 91.0 Å². The fourth-order valence-electron chi connectivity index (χ4n) is 4.99. The fourth-order valence-corrected chi connectivity index (χ4v) is 4.99. The number of carboxylic acids is 2. The molecular weight excluding hydrogens is 456 g/mol. The topological polar surface area (TPSA) is 101 Å². The quantitative estimate of drug-likeness (QED) is 0.301. The second-order valence-electron chi connectivity index (χ2n) is 8.78. The molecule has 2 atom stereocenters. The van der Waals surface area contributed by atoms with Crippen LogP contribution in [0.2, 0.25) is 0 Å². The third-order valence-corrected chi connectivity index (χ3v) is 6.60. The summed E-state index contributed by atoms with van der Waals surface area (Å²) in [6, 6.07) is 27.5. The smallest absolute Gasteiger partial charge is 0.319 e. The predicted octanol–water partition coefficient (Wildman–Crippen LogP) is 5.67. The van der Waals surface area contributed by atoms with Crippen molar-refractivity contribution in [3.8, 4) is 0 Å². The van der Waals surface area contributed by atoms with E-state index in [9.17, 15) is 19.5 Å². The standard InChI is InChI=1S/C30H32O6/c1-2-36-28(33)23(15-12-20-27(31)32)21-26(22-13-6-3-7-14-22)30(29(34)35,24-16-8-4-9-17-24)25-18-10-5-11-19-25/h3-11,13-14,16-19,23,26H,2,12,15,20-21H2,1H3,(H,31,32)(H,34,35). The number of carboxylic acid groups (broad SMARTS) is 2. The number of benzene rings is 3. The van der Waals surface area contributed by atoms with Crippen molar-refractivity contribution in [2.24, 2.45) is 5.92 Å². The van der Waals surface area contributed by atoms with Crippen LogP contribution in [0.5, 0.6) is 0 Å². The second kappa shape index (κ2) is 12.7. The zero-order valence-corrected chi connectivity index (χ0v) is 20.4. The second-order valence-corrected chi connectivity index (χ2v) is 8.78. The van der Waals surface area contributed by atoms with Crippen molar-refractivity contribution in [1.29, 1.82) is 0 Å². The number of esters is 1. The Morgan fingerprint density at radius 1 is 0.806 bits per heavy atom. The summed E-state index contributed by atoms with van der Waals surface area (Å²) in [5.74, 6) is -3.71. The van der Waals surface area contributed by atoms with Gasteiger partial charge in [-0.2, -0.15) is 0 Å². The maximum absolute atomic E-state index is 13.4. The Morgan fingerprint density at radius 2 is 1.31 bits per heavy atom. The third kappa shape index (κ3) is 6.00. The molecule has 3 aromatic rings. The van der Waals surface area contributed by atoms with Crippen LogP contribution in [0.15, 0.2) is 91.0 Å². The third-order valence-electron chi connectivity index (χ3n) is 6.60. The van der Waals surface area contributed by atoms with Crippen LogP contribution in [0, 0.1) is 5.92 Å². The van der Waals surface area contributed by atoms with Gasteiger partial charge in [-0.3, -0.25) is 14.4 Å². The average Bonchev–Trinajstić information content (AvgIpc) is 2.89. The van der Waals surface area contributed by atoms with E-state index in [1.807, 2.05) is 66.7 Å². The predicted molar refractivity (Wildman–Crippen MR) is 137 cm³/mol. The summed E-state index contributed by atoms with van der Waals surface area (Å²) in [6.45, 7) is 1.90. The zero-order chi connectivity index (χ0) is 26.0. The lowest BCUT2D eigenvalue weighted by Crippen LogP contribution is -2.44. The Hall–Kier alpha value is -3.93. The SMILES string of the molecule is CCOC(=O)C(CCCC(=O)O)CC(c1ccccc1)C(C(=O)O)(c1ccccc1)c1ccccc1. The molecule has 3 rings (SSSR count). The maximum Gasteiger partial charge on any atom is 0.319 e. The number of carbonyl (C=O) groups excluding carboxylic acids is 1. The van der Waals surface area contributed by atoms with Crippen LogP contribution in [0.25, 0.3) is 0 Å². The van der Waals surface area contributed by atoms with Crippen LogP contribution in [0.4, 0.5) is 0 Å². The Labute approximate surface area is 211 Å². The molecule has 0 aliphatic carbocycles. The summed E-state index contributed by atoms with van der Waals surface area (Å²) in [7, 11) is 0. The van der Waals surface area contributed by atoms with Gasteiger partial charge < -0.3 is 14.9 Å². The Balaban J connectivity index is 2.22. The van der Waals surface area contributed by atoms with Crippen molar-refractivity contribution in [3.63, 3.8) is 0 Å². The zero-order valence-electron chi connectivity index (χ0n) is 20.4. The molecule has 3 aromatic carbocycles. The van der Waals surface area contributed by atoms with Crippen molar-refractivity contribution in [2.75, 3.05) is 6.61 Å². The molecule has 0 radical (unpaired) electrons. The molecule has 0 fully saturated rings. The van der Waals surface area contributed by atoms with Gasteiger partial charge in [-0.05, 0) is 42.9 Å². The van der Waals surface area contributed by atoms with E-state index >= 15 is 0 Å². The van der Waals surface area contributed by atoms with E-state index in [0.717, 1.165) is 5.56 Å². The summed E-state index contributed by atoms with van der Waals surface area (Å²) >= 11 is 0. The normalized spacial score (nSPS) is 12.9. The van der Waals surface area contributed by atoms with Crippen molar-refractivity contribution >= 4 is 17.9 Å². The molecule has 0 amide bonds. The van der Waals surface area contributed by atoms with Crippen LogP contribution < -0.4 is 0 Å². The Bertz CT molecular complexity index is 1090. The molecule has 0 saturated carbocycles. The lowest BCUT2D eigenvalue weighted by molar-refractivity contribution is -0.150. The van der Waals surface area contributed by atoms with Gasteiger partial charge in [-0.25, -0.2) is 0 Å². The number of carbonyl (C=O) groups is 3. The molecular formula is C30H32O6. The van der Waals surface area contributed by atoms with Crippen molar-refractivity contribution in [1.82, 2.24) is 0 Å². The largest absolute Gasteiger partial charge is 0.481 e. The highest BCUT2D eigenvalue weighted by molar-refractivity contribution is 5.88. The molecule has 0 heterocycles. The molecule has 0 spiro atoms. The number of ether oxygens (including phenoxy) is 1. The first-order valence-corrected chi connectivity index (χ1v) is 12.2. The van der Waals surface area contributed by atoms with Crippen molar-refractivity contribution in [2.45, 2.75) is 43.9 Å². The van der Waals surface area contributed by atoms with Gasteiger partial charge in [0.15, 0.2) is 0 Å². The number of hydrogen-bond donors (Lipinski definition) is 2. The summed E-state index contributed by atoms with van der Waals surface area (Å²) in [4.78, 5) is 37.6. The highest BCUT2D eigenvalue weighted by atomic mass is 16.5. The molecule has 0 aromatic heterocycles. The number of rotatable bonds is 13. The number of aliphatic carboxylic acids is 2. The number of hydrogen-bond acceptors (Lipinski definition) is 4. The molecule has 0 bridgehead atoms. The average molecular weight is 489 g/mol. The molecule has 6 nitrogen and oxygen atoms in total. The van der Waals surface area contributed by atoms with Gasteiger partial charge in [0.05, 0.1) is 12.5 Å². The summed E-state index contributed by atoms with van der Waals surface area (Å²) in [5.41, 5.74) is 0.484. The minimum absolute atomic E-state index is 0.0760.